The highest BCUT2D eigenvalue weighted by atomic mass is 16.4. The summed E-state index contributed by atoms with van der Waals surface area (Å²) in [5, 5.41) is 20.3. The number of carbonyl (C=O) groups excluding carboxylic acids is 2. The predicted octanol–water partition coefficient (Wildman–Crippen LogP) is -2.01. The number of piperazine rings is 1. The molecule has 0 spiro atoms. The number of aliphatic carboxylic acids is 1. The molecule has 0 aliphatic carbocycles. The molecule has 2 rings (SSSR count). The third-order valence-electron chi connectivity index (χ3n) is 2.53. The molecule has 0 saturated carbocycles. The van der Waals surface area contributed by atoms with Gasteiger partial charge >= 0.3 is 5.97 Å². The summed E-state index contributed by atoms with van der Waals surface area (Å²) in [6.45, 7) is 0.0396. The maximum atomic E-state index is 11.8. The Hall–Kier alpha value is -2.42. The van der Waals surface area contributed by atoms with Crippen LogP contribution in [0.2, 0.25) is 0 Å². The van der Waals surface area contributed by atoms with Crippen LogP contribution in [0.1, 0.15) is 0 Å². The number of aromatic nitrogens is 2. The fraction of sp³-hybridized carbons (Fsp3) is 0.400. The second-order valence-electron chi connectivity index (χ2n) is 4.05. The normalized spacial score (nSPS) is 18.7. The van der Waals surface area contributed by atoms with Gasteiger partial charge in [0.2, 0.25) is 11.8 Å². The van der Waals surface area contributed by atoms with Crippen LogP contribution >= 0.6 is 0 Å². The van der Waals surface area contributed by atoms with Gasteiger partial charge in [0, 0.05) is 12.7 Å². The number of carboxylic acid groups (broad SMARTS) is 1. The van der Waals surface area contributed by atoms with E-state index in [2.05, 4.69) is 21.0 Å². The molecule has 2 amide bonds. The maximum absolute atomic E-state index is 11.8. The zero-order valence-electron chi connectivity index (χ0n) is 9.92. The molecular formula is C10H13N5O4. The first-order valence-electron chi connectivity index (χ1n) is 5.60. The molecule has 1 aliphatic rings. The Kier molecular flexibility index (Phi) is 3.76. The van der Waals surface area contributed by atoms with E-state index in [1.807, 2.05) is 0 Å². The van der Waals surface area contributed by atoms with E-state index in [-0.39, 0.29) is 31.4 Å². The van der Waals surface area contributed by atoms with E-state index < -0.39 is 12.0 Å². The maximum Gasteiger partial charge on any atom is 0.325 e. The Morgan fingerprint density at radius 1 is 1.58 bits per heavy atom. The van der Waals surface area contributed by atoms with Crippen LogP contribution in [-0.2, 0) is 20.9 Å². The summed E-state index contributed by atoms with van der Waals surface area (Å²) in [5.74, 6) is -1.48. The van der Waals surface area contributed by atoms with Gasteiger partial charge in [-0.3, -0.25) is 24.4 Å². The first kappa shape index (κ1) is 13.0. The lowest BCUT2D eigenvalue weighted by molar-refractivity contribution is -0.138. The van der Waals surface area contributed by atoms with Crippen molar-refractivity contribution in [2.45, 2.75) is 12.6 Å². The van der Waals surface area contributed by atoms with Crippen LogP contribution < -0.4 is 16.0 Å². The van der Waals surface area contributed by atoms with Gasteiger partial charge in [0.1, 0.15) is 12.6 Å². The number of rotatable bonds is 4. The highest BCUT2D eigenvalue weighted by Crippen LogP contribution is 2.05. The molecule has 1 saturated heterocycles. The zero-order valence-corrected chi connectivity index (χ0v) is 9.92. The summed E-state index contributed by atoms with van der Waals surface area (Å²) in [5.41, 5.74) is 0.407. The Morgan fingerprint density at radius 3 is 3.00 bits per heavy atom. The van der Waals surface area contributed by atoms with Gasteiger partial charge < -0.3 is 15.7 Å². The third kappa shape index (κ3) is 3.52. The van der Waals surface area contributed by atoms with Crippen molar-refractivity contribution >= 4 is 23.5 Å². The van der Waals surface area contributed by atoms with Crippen LogP contribution in [-0.4, -0.2) is 51.8 Å². The smallest absolute Gasteiger partial charge is 0.325 e. The number of nitrogens with zero attached hydrogens (tertiary/aromatic N) is 2. The lowest BCUT2D eigenvalue weighted by atomic mass is 10.2. The minimum atomic E-state index is -1.02. The van der Waals surface area contributed by atoms with Gasteiger partial charge in [-0.25, -0.2) is 0 Å². The van der Waals surface area contributed by atoms with E-state index in [1.165, 1.54) is 17.1 Å². The van der Waals surface area contributed by atoms with Gasteiger partial charge in [0.05, 0.1) is 18.4 Å². The monoisotopic (exact) mass is 267 g/mol. The SMILES string of the molecule is O=C(O)Cn1cc(NC(=O)C2CNC(=O)CN2)cn1. The minimum absolute atomic E-state index is 0.0936. The van der Waals surface area contributed by atoms with Gasteiger partial charge in [0.25, 0.3) is 0 Å². The topological polar surface area (TPSA) is 125 Å². The number of carboxylic acids is 1. The molecule has 1 fully saturated rings. The highest BCUT2D eigenvalue weighted by molar-refractivity contribution is 5.96. The molecule has 19 heavy (non-hydrogen) atoms. The lowest BCUT2D eigenvalue weighted by Gasteiger charge is -2.22. The number of amides is 2. The quantitative estimate of drug-likeness (QED) is 0.499. The molecule has 9 heteroatoms. The van der Waals surface area contributed by atoms with Gasteiger partial charge in [-0.15, -0.1) is 0 Å². The van der Waals surface area contributed by atoms with E-state index in [9.17, 15) is 14.4 Å². The van der Waals surface area contributed by atoms with Crippen LogP contribution in [0, 0.1) is 0 Å². The molecule has 1 aliphatic heterocycles. The fourth-order valence-electron chi connectivity index (χ4n) is 1.63. The van der Waals surface area contributed by atoms with E-state index >= 15 is 0 Å². The molecule has 0 radical (unpaired) electrons. The summed E-state index contributed by atoms with van der Waals surface area (Å²) in [6.07, 6.45) is 2.79. The number of nitrogens with one attached hydrogen (secondary N) is 3. The second-order valence-corrected chi connectivity index (χ2v) is 4.05. The largest absolute Gasteiger partial charge is 0.480 e. The van der Waals surface area contributed by atoms with Crippen LogP contribution in [0.4, 0.5) is 5.69 Å². The number of hydrogen-bond donors (Lipinski definition) is 4. The van der Waals surface area contributed by atoms with Crippen LogP contribution in [0.15, 0.2) is 12.4 Å². The first-order valence-corrected chi connectivity index (χ1v) is 5.60. The molecule has 0 aromatic carbocycles. The number of carbonyl (C=O) groups is 3. The van der Waals surface area contributed by atoms with E-state index in [1.54, 1.807) is 0 Å². The van der Waals surface area contributed by atoms with Gasteiger partial charge in [0.15, 0.2) is 0 Å². The first-order chi connectivity index (χ1) is 9.04. The molecule has 102 valence electrons. The molecule has 2 heterocycles. The van der Waals surface area contributed by atoms with Crippen molar-refractivity contribution in [2.24, 2.45) is 0 Å². The summed E-state index contributed by atoms with van der Waals surface area (Å²) in [6, 6.07) is -0.513. The van der Waals surface area contributed by atoms with Crippen molar-refractivity contribution in [1.82, 2.24) is 20.4 Å². The van der Waals surface area contributed by atoms with Crippen molar-refractivity contribution in [3.05, 3.63) is 12.4 Å². The standard InChI is InChI=1S/C10H13N5O4/c16-8-3-11-7(2-12-8)10(19)14-6-1-13-15(4-6)5-9(17)18/h1,4,7,11H,2-3,5H2,(H,12,16)(H,14,19)(H,17,18). The number of hydrogen-bond acceptors (Lipinski definition) is 5. The van der Waals surface area contributed by atoms with Crippen LogP contribution in [0.25, 0.3) is 0 Å². The predicted molar refractivity (Wildman–Crippen MR) is 63.3 cm³/mol. The van der Waals surface area contributed by atoms with Crippen molar-refractivity contribution in [2.75, 3.05) is 18.4 Å². The summed E-state index contributed by atoms with van der Waals surface area (Å²) in [7, 11) is 0. The van der Waals surface area contributed by atoms with Gasteiger partial charge in [-0.05, 0) is 0 Å². The molecule has 0 bridgehead atoms. The van der Waals surface area contributed by atoms with E-state index in [4.69, 9.17) is 5.11 Å². The minimum Gasteiger partial charge on any atom is -0.480 e. The Morgan fingerprint density at radius 2 is 2.37 bits per heavy atom. The zero-order chi connectivity index (χ0) is 13.8. The lowest BCUT2D eigenvalue weighted by Crippen LogP contribution is -2.56. The third-order valence-corrected chi connectivity index (χ3v) is 2.53. The average Bonchev–Trinajstić information content (AvgIpc) is 2.76. The molecular weight excluding hydrogens is 254 g/mol. The summed E-state index contributed by atoms with van der Waals surface area (Å²) in [4.78, 5) is 33.2. The van der Waals surface area contributed by atoms with Gasteiger partial charge in [-0.2, -0.15) is 5.10 Å². The highest BCUT2D eigenvalue weighted by Gasteiger charge is 2.23. The van der Waals surface area contributed by atoms with Crippen molar-refractivity contribution in [3.8, 4) is 0 Å². The Bertz CT molecular complexity index is 502. The molecule has 9 nitrogen and oxygen atoms in total. The Balaban J connectivity index is 1.89. The van der Waals surface area contributed by atoms with E-state index in [0.717, 1.165) is 0 Å². The second kappa shape index (κ2) is 5.48. The molecule has 1 aromatic rings. The van der Waals surface area contributed by atoms with Crippen molar-refractivity contribution < 1.29 is 19.5 Å². The van der Waals surface area contributed by atoms with Crippen LogP contribution in [0.3, 0.4) is 0 Å². The molecule has 1 aromatic heterocycles. The van der Waals surface area contributed by atoms with E-state index in [0.29, 0.717) is 5.69 Å². The molecule has 1 unspecified atom stereocenters. The Labute approximate surface area is 108 Å². The summed E-state index contributed by atoms with van der Waals surface area (Å²) >= 11 is 0. The molecule has 1 atom stereocenters. The molecule has 4 N–H and O–H groups in total. The van der Waals surface area contributed by atoms with Gasteiger partial charge in [-0.1, -0.05) is 0 Å². The van der Waals surface area contributed by atoms with Crippen molar-refractivity contribution in [3.63, 3.8) is 0 Å². The van der Waals surface area contributed by atoms with Crippen LogP contribution in [0.5, 0.6) is 0 Å². The van der Waals surface area contributed by atoms with Crippen molar-refractivity contribution in [1.29, 1.82) is 0 Å². The average molecular weight is 267 g/mol. The fourth-order valence-corrected chi connectivity index (χ4v) is 1.63. The number of anilines is 1. The summed E-state index contributed by atoms with van der Waals surface area (Å²) < 4.78 is 1.20.